The largest absolute Gasteiger partial charge is 0.475 e. The molecule has 1 aromatic rings. The Kier molecular flexibility index (Phi) is 8.95. The molecule has 0 spiro atoms. The van der Waals surface area contributed by atoms with E-state index in [9.17, 15) is 18.7 Å². The predicted molar refractivity (Wildman–Crippen MR) is 66.4 cm³/mol. The Morgan fingerprint density at radius 3 is 1.89 bits per heavy atom. The monoisotopic (exact) mass is 281 g/mol. The lowest BCUT2D eigenvalue weighted by Gasteiger charge is -2.10. The van der Waals surface area contributed by atoms with Gasteiger partial charge in [0.15, 0.2) is 5.69 Å². The Labute approximate surface area is 111 Å². The van der Waals surface area contributed by atoms with Crippen LogP contribution in [0.5, 0.6) is 0 Å². The summed E-state index contributed by atoms with van der Waals surface area (Å²) in [6.07, 6.45) is -3.06. The van der Waals surface area contributed by atoms with Crippen LogP contribution in [0.15, 0.2) is 4.42 Å². The van der Waals surface area contributed by atoms with Crippen LogP contribution in [-0.4, -0.2) is 21.2 Å². The highest BCUT2D eigenvalue weighted by Gasteiger charge is 2.31. The first kappa shape index (κ1) is 19.8. The van der Waals surface area contributed by atoms with E-state index in [4.69, 9.17) is 5.11 Å². The molecule has 0 fully saturated rings. The number of carboxylic acid groups (broad SMARTS) is 1. The first-order chi connectivity index (χ1) is 8.73. The van der Waals surface area contributed by atoms with Crippen LogP contribution in [-0.2, 0) is 5.60 Å². The molecule has 0 atom stereocenters. The normalized spacial score (nSPS) is 10.2. The van der Waals surface area contributed by atoms with Gasteiger partial charge in [-0.25, -0.2) is 18.6 Å². The standard InChI is InChI=1S/C8H9F2NO4.2C2H6/c1-8(2,14)7-11-3(5(9)10)4(15-7)6(12)13;2*1-2/h5,14H,1-2H3,(H,12,13);2*1-2H3. The van der Waals surface area contributed by atoms with Gasteiger partial charge in [0.1, 0.15) is 5.60 Å². The molecule has 0 radical (unpaired) electrons. The van der Waals surface area contributed by atoms with Crippen LogP contribution in [0.3, 0.4) is 0 Å². The number of aromatic nitrogens is 1. The summed E-state index contributed by atoms with van der Waals surface area (Å²) in [6, 6.07) is 0. The fraction of sp³-hybridized carbons (Fsp3) is 0.667. The van der Waals surface area contributed by atoms with Crippen molar-refractivity contribution in [3.8, 4) is 0 Å². The third-order valence-corrected chi connectivity index (χ3v) is 1.58. The second-order valence-electron chi connectivity index (χ2n) is 3.40. The average molecular weight is 281 g/mol. The number of hydrogen-bond acceptors (Lipinski definition) is 4. The topological polar surface area (TPSA) is 83.6 Å². The number of carbonyl (C=O) groups is 1. The molecule has 2 N–H and O–H groups in total. The van der Waals surface area contributed by atoms with Gasteiger partial charge in [-0.2, -0.15) is 0 Å². The molecule has 1 rings (SSSR count). The van der Waals surface area contributed by atoms with E-state index in [2.05, 4.69) is 9.40 Å². The van der Waals surface area contributed by atoms with Crippen LogP contribution < -0.4 is 0 Å². The van der Waals surface area contributed by atoms with Crippen molar-refractivity contribution in [2.24, 2.45) is 0 Å². The number of hydrogen-bond donors (Lipinski definition) is 2. The predicted octanol–water partition coefficient (Wildman–Crippen LogP) is 3.59. The van der Waals surface area contributed by atoms with E-state index in [1.54, 1.807) is 0 Å². The fourth-order valence-electron chi connectivity index (χ4n) is 0.895. The third kappa shape index (κ3) is 5.78. The van der Waals surface area contributed by atoms with Crippen LogP contribution in [0.1, 0.15) is 70.1 Å². The number of aliphatic hydroxyl groups is 1. The van der Waals surface area contributed by atoms with E-state index < -0.39 is 35.3 Å². The summed E-state index contributed by atoms with van der Waals surface area (Å²) in [5.74, 6) is -3.04. The zero-order valence-corrected chi connectivity index (χ0v) is 12.0. The SMILES string of the molecule is CC.CC.CC(C)(O)c1nc(C(F)F)c(C(=O)O)o1. The molecule has 5 nitrogen and oxygen atoms in total. The second kappa shape index (κ2) is 8.58. The molecular weight excluding hydrogens is 260 g/mol. The molecule has 0 aliphatic rings. The van der Waals surface area contributed by atoms with Crippen molar-refractivity contribution in [3.63, 3.8) is 0 Å². The summed E-state index contributed by atoms with van der Waals surface area (Å²) < 4.78 is 29.2. The van der Waals surface area contributed by atoms with Gasteiger partial charge < -0.3 is 14.6 Å². The minimum atomic E-state index is -3.06. The van der Waals surface area contributed by atoms with Crippen LogP contribution in [0.2, 0.25) is 0 Å². The molecule has 0 bridgehead atoms. The van der Waals surface area contributed by atoms with E-state index in [0.717, 1.165) is 0 Å². The summed E-state index contributed by atoms with van der Waals surface area (Å²) in [7, 11) is 0. The van der Waals surface area contributed by atoms with Gasteiger partial charge in [0, 0.05) is 0 Å². The van der Waals surface area contributed by atoms with Crippen LogP contribution in [0.25, 0.3) is 0 Å². The smallest absolute Gasteiger partial charge is 0.374 e. The lowest BCUT2D eigenvalue weighted by atomic mass is 10.1. The van der Waals surface area contributed by atoms with Crippen molar-refractivity contribution < 1.29 is 28.2 Å². The molecule has 1 heterocycles. The van der Waals surface area contributed by atoms with E-state index in [1.807, 2.05) is 27.7 Å². The Bertz CT molecular complexity index is 384. The number of oxazole rings is 1. The number of nitrogens with zero attached hydrogens (tertiary/aromatic N) is 1. The Morgan fingerprint density at radius 1 is 1.26 bits per heavy atom. The molecule has 0 aromatic carbocycles. The average Bonchev–Trinajstić information content (AvgIpc) is 2.79. The van der Waals surface area contributed by atoms with Gasteiger partial charge >= 0.3 is 5.97 Å². The van der Waals surface area contributed by atoms with Crippen molar-refractivity contribution in [3.05, 3.63) is 17.3 Å². The van der Waals surface area contributed by atoms with Crippen molar-refractivity contribution in [2.75, 3.05) is 0 Å². The first-order valence-corrected chi connectivity index (χ1v) is 5.98. The van der Waals surface area contributed by atoms with E-state index >= 15 is 0 Å². The quantitative estimate of drug-likeness (QED) is 0.884. The van der Waals surface area contributed by atoms with Gasteiger partial charge in [0.25, 0.3) is 6.43 Å². The number of halogens is 2. The molecule has 0 unspecified atom stereocenters. The van der Waals surface area contributed by atoms with Crippen LogP contribution in [0, 0.1) is 0 Å². The van der Waals surface area contributed by atoms with Gasteiger partial charge in [0.05, 0.1) is 0 Å². The summed E-state index contributed by atoms with van der Waals surface area (Å²) in [4.78, 5) is 13.8. The highest BCUT2D eigenvalue weighted by Crippen LogP contribution is 2.27. The molecular formula is C12H21F2NO4. The highest BCUT2D eigenvalue weighted by molar-refractivity contribution is 5.85. The minimum absolute atomic E-state index is 0.449. The van der Waals surface area contributed by atoms with Gasteiger partial charge in [-0.15, -0.1) is 0 Å². The fourth-order valence-corrected chi connectivity index (χ4v) is 0.895. The summed E-state index contributed by atoms with van der Waals surface area (Å²) in [6.45, 7) is 10.5. The van der Waals surface area contributed by atoms with Crippen molar-refractivity contribution in [2.45, 2.75) is 53.6 Å². The Hall–Kier alpha value is -1.50. The maximum absolute atomic E-state index is 12.3. The van der Waals surface area contributed by atoms with Gasteiger partial charge in [0.2, 0.25) is 11.7 Å². The Morgan fingerprint density at radius 2 is 1.68 bits per heavy atom. The lowest BCUT2D eigenvalue weighted by molar-refractivity contribution is 0.0440. The second-order valence-corrected chi connectivity index (χ2v) is 3.40. The molecule has 112 valence electrons. The van der Waals surface area contributed by atoms with Crippen LogP contribution >= 0.6 is 0 Å². The maximum Gasteiger partial charge on any atom is 0.374 e. The summed E-state index contributed by atoms with van der Waals surface area (Å²) >= 11 is 0. The molecule has 7 heteroatoms. The van der Waals surface area contributed by atoms with Crippen molar-refractivity contribution >= 4 is 5.97 Å². The molecule has 0 saturated carbocycles. The molecule has 19 heavy (non-hydrogen) atoms. The van der Waals surface area contributed by atoms with E-state index in [-0.39, 0.29) is 0 Å². The minimum Gasteiger partial charge on any atom is -0.475 e. The number of aromatic carboxylic acids is 1. The Balaban J connectivity index is 0. The molecule has 0 saturated heterocycles. The van der Waals surface area contributed by atoms with E-state index in [1.165, 1.54) is 13.8 Å². The third-order valence-electron chi connectivity index (χ3n) is 1.58. The zero-order chi connectivity index (χ0) is 15.8. The molecule has 0 amide bonds. The molecule has 0 aliphatic heterocycles. The van der Waals surface area contributed by atoms with Crippen LogP contribution in [0.4, 0.5) is 8.78 Å². The summed E-state index contributed by atoms with van der Waals surface area (Å²) in [5, 5.41) is 17.9. The van der Waals surface area contributed by atoms with Crippen molar-refractivity contribution in [1.82, 2.24) is 4.98 Å². The number of alkyl halides is 2. The lowest BCUT2D eigenvalue weighted by Crippen LogP contribution is -2.15. The van der Waals surface area contributed by atoms with Crippen molar-refractivity contribution in [1.29, 1.82) is 0 Å². The highest BCUT2D eigenvalue weighted by atomic mass is 19.3. The van der Waals surface area contributed by atoms with E-state index in [0.29, 0.717) is 0 Å². The molecule has 0 aliphatic carbocycles. The maximum atomic E-state index is 12.3. The first-order valence-electron chi connectivity index (χ1n) is 5.98. The number of rotatable bonds is 3. The van der Waals surface area contributed by atoms with Gasteiger partial charge in [-0.05, 0) is 13.8 Å². The van der Waals surface area contributed by atoms with Gasteiger partial charge in [-0.1, -0.05) is 27.7 Å². The number of carboxylic acids is 1. The molecule has 1 aromatic heterocycles. The zero-order valence-electron chi connectivity index (χ0n) is 12.0. The summed E-state index contributed by atoms with van der Waals surface area (Å²) in [5.41, 5.74) is -2.57. The van der Waals surface area contributed by atoms with Gasteiger partial charge in [-0.3, -0.25) is 0 Å².